The monoisotopic (exact) mass is 458 g/mol. The fourth-order valence-corrected chi connectivity index (χ4v) is 4.15. The smallest absolute Gasteiger partial charge is 0.254 e. The number of halogens is 1. The quantitative estimate of drug-likeness (QED) is 0.358. The summed E-state index contributed by atoms with van der Waals surface area (Å²) in [5.41, 5.74) is 2.07. The first kappa shape index (κ1) is 24.0. The van der Waals surface area contributed by atoms with Crippen LogP contribution in [0.15, 0.2) is 35.6 Å². The summed E-state index contributed by atoms with van der Waals surface area (Å²) < 4.78 is 17.2. The molecule has 32 heavy (non-hydrogen) atoms. The van der Waals surface area contributed by atoms with E-state index in [2.05, 4.69) is 39.0 Å². The summed E-state index contributed by atoms with van der Waals surface area (Å²) in [6, 6.07) is 6.10. The van der Waals surface area contributed by atoms with Gasteiger partial charge in [-0.1, -0.05) is 39.5 Å². The highest BCUT2D eigenvalue weighted by atomic mass is 32.2. The fraction of sp³-hybridized carbons (Fsp3) is 0.478. The predicted octanol–water partition coefficient (Wildman–Crippen LogP) is 4.47. The molecule has 0 aliphatic rings. The first-order valence-electron chi connectivity index (χ1n) is 10.9. The van der Waals surface area contributed by atoms with Gasteiger partial charge in [0.25, 0.3) is 5.91 Å². The number of thioether (sulfide) groups is 1. The predicted molar refractivity (Wildman–Crippen MR) is 125 cm³/mol. The number of nitrogens with one attached hydrogen (secondary N) is 1. The number of hydrogen-bond acceptors (Lipinski definition) is 5. The molecular formula is C23H31FN6OS. The maximum Gasteiger partial charge on any atom is 0.254 e. The maximum atomic E-state index is 13.3. The number of amides is 1. The molecule has 0 bridgehead atoms. The van der Waals surface area contributed by atoms with E-state index in [1.807, 2.05) is 20.1 Å². The molecule has 1 aromatic carbocycles. The second kappa shape index (κ2) is 10.8. The molecule has 9 heteroatoms. The molecular weight excluding hydrogens is 427 g/mol. The standard InChI is InChI=1S/C23H31FN6OS/c1-15(2)14-29-20(27-28-23(29)32-5)7-6-12-25-22(31)19-13-26-30(21(19)16(3)4)18-10-8-17(24)9-11-18/h8-11,13,15-16H,6-7,12,14H2,1-5H3,(H,25,31). The summed E-state index contributed by atoms with van der Waals surface area (Å²) >= 11 is 1.59. The van der Waals surface area contributed by atoms with E-state index in [0.29, 0.717) is 18.0 Å². The van der Waals surface area contributed by atoms with E-state index < -0.39 is 0 Å². The Morgan fingerprint density at radius 2 is 1.88 bits per heavy atom. The third-order valence-corrected chi connectivity index (χ3v) is 5.72. The van der Waals surface area contributed by atoms with Gasteiger partial charge in [-0.2, -0.15) is 5.10 Å². The molecule has 0 unspecified atom stereocenters. The van der Waals surface area contributed by atoms with Crippen molar-refractivity contribution < 1.29 is 9.18 Å². The molecule has 0 saturated heterocycles. The second-order valence-electron chi connectivity index (χ2n) is 8.45. The number of aryl methyl sites for hydroxylation is 1. The van der Waals surface area contributed by atoms with Crippen molar-refractivity contribution in [2.45, 2.75) is 58.2 Å². The molecule has 1 amide bonds. The minimum Gasteiger partial charge on any atom is -0.352 e. The van der Waals surface area contributed by atoms with E-state index in [1.165, 1.54) is 12.1 Å². The number of nitrogens with zero attached hydrogens (tertiary/aromatic N) is 5. The van der Waals surface area contributed by atoms with Crippen molar-refractivity contribution in [3.8, 4) is 5.69 Å². The third kappa shape index (κ3) is 5.56. The summed E-state index contributed by atoms with van der Waals surface area (Å²) in [6.07, 6.45) is 5.09. The number of rotatable bonds is 10. The van der Waals surface area contributed by atoms with Gasteiger partial charge < -0.3 is 9.88 Å². The fourth-order valence-electron chi connectivity index (χ4n) is 3.62. The lowest BCUT2D eigenvalue weighted by atomic mass is 10.0. The summed E-state index contributed by atoms with van der Waals surface area (Å²) in [5.74, 6) is 1.06. The lowest BCUT2D eigenvalue weighted by Gasteiger charge is -2.13. The molecule has 0 atom stereocenters. The summed E-state index contributed by atoms with van der Waals surface area (Å²) in [6.45, 7) is 9.78. The van der Waals surface area contributed by atoms with Gasteiger partial charge in [-0.3, -0.25) is 4.79 Å². The lowest BCUT2D eigenvalue weighted by Crippen LogP contribution is -2.26. The molecule has 172 valence electrons. The molecule has 0 saturated carbocycles. The van der Waals surface area contributed by atoms with Gasteiger partial charge in [-0.05, 0) is 48.8 Å². The minimum atomic E-state index is -0.307. The zero-order chi connectivity index (χ0) is 23.3. The molecule has 3 aromatic rings. The maximum absolute atomic E-state index is 13.3. The van der Waals surface area contributed by atoms with Crippen LogP contribution < -0.4 is 5.32 Å². The van der Waals surface area contributed by atoms with E-state index in [9.17, 15) is 9.18 Å². The molecule has 0 fully saturated rings. The highest BCUT2D eigenvalue weighted by molar-refractivity contribution is 7.98. The van der Waals surface area contributed by atoms with Crippen LogP contribution in [0, 0.1) is 11.7 Å². The van der Waals surface area contributed by atoms with E-state index >= 15 is 0 Å². The van der Waals surface area contributed by atoms with Crippen LogP contribution in [-0.4, -0.2) is 43.3 Å². The molecule has 0 aliphatic heterocycles. The van der Waals surface area contributed by atoms with Crippen molar-refractivity contribution in [3.05, 3.63) is 53.4 Å². The van der Waals surface area contributed by atoms with Crippen molar-refractivity contribution in [1.82, 2.24) is 29.9 Å². The Kier molecular flexibility index (Phi) is 8.06. The summed E-state index contributed by atoms with van der Waals surface area (Å²) in [7, 11) is 0. The van der Waals surface area contributed by atoms with Crippen LogP contribution in [0.1, 0.15) is 61.9 Å². The van der Waals surface area contributed by atoms with Crippen LogP contribution >= 0.6 is 11.8 Å². The summed E-state index contributed by atoms with van der Waals surface area (Å²) in [4.78, 5) is 12.9. The van der Waals surface area contributed by atoms with Crippen LogP contribution in [0.5, 0.6) is 0 Å². The molecule has 3 rings (SSSR count). The van der Waals surface area contributed by atoms with Gasteiger partial charge in [0.2, 0.25) is 0 Å². The zero-order valence-corrected chi connectivity index (χ0v) is 20.1. The largest absolute Gasteiger partial charge is 0.352 e. The molecule has 2 heterocycles. The molecule has 0 radical (unpaired) electrons. The van der Waals surface area contributed by atoms with E-state index in [0.717, 1.165) is 41.7 Å². The number of carbonyl (C=O) groups is 1. The number of aromatic nitrogens is 5. The van der Waals surface area contributed by atoms with Crippen LogP contribution in [-0.2, 0) is 13.0 Å². The van der Waals surface area contributed by atoms with Gasteiger partial charge in [-0.15, -0.1) is 10.2 Å². The highest BCUT2D eigenvalue weighted by Gasteiger charge is 2.21. The molecule has 2 aromatic heterocycles. The van der Waals surface area contributed by atoms with E-state index in [-0.39, 0.29) is 17.6 Å². The number of hydrogen-bond donors (Lipinski definition) is 1. The van der Waals surface area contributed by atoms with Gasteiger partial charge in [-0.25, -0.2) is 9.07 Å². The van der Waals surface area contributed by atoms with Gasteiger partial charge in [0.1, 0.15) is 11.6 Å². The summed E-state index contributed by atoms with van der Waals surface area (Å²) in [5, 5.41) is 16.9. The van der Waals surface area contributed by atoms with Gasteiger partial charge in [0, 0.05) is 19.5 Å². The Labute approximate surface area is 192 Å². The van der Waals surface area contributed by atoms with Gasteiger partial charge in [0.15, 0.2) is 5.16 Å². The Hall–Kier alpha value is -2.68. The van der Waals surface area contributed by atoms with Crippen LogP contribution in [0.25, 0.3) is 5.69 Å². The first-order chi connectivity index (χ1) is 15.3. The first-order valence-corrected chi connectivity index (χ1v) is 12.1. The minimum absolute atomic E-state index is 0.0721. The number of carbonyl (C=O) groups excluding carboxylic acids is 1. The van der Waals surface area contributed by atoms with Crippen LogP contribution in [0.3, 0.4) is 0 Å². The van der Waals surface area contributed by atoms with Crippen molar-refractivity contribution in [1.29, 1.82) is 0 Å². The Morgan fingerprint density at radius 1 is 1.16 bits per heavy atom. The zero-order valence-electron chi connectivity index (χ0n) is 19.3. The van der Waals surface area contributed by atoms with Crippen LogP contribution in [0.2, 0.25) is 0 Å². The van der Waals surface area contributed by atoms with Gasteiger partial charge in [0.05, 0.1) is 23.1 Å². The Bertz CT molecular complexity index is 1040. The SMILES string of the molecule is CSc1nnc(CCCNC(=O)c2cnn(-c3ccc(F)cc3)c2C(C)C)n1CC(C)C. The topological polar surface area (TPSA) is 77.6 Å². The molecule has 0 aliphatic carbocycles. The third-order valence-electron chi connectivity index (χ3n) is 5.06. The second-order valence-corrected chi connectivity index (χ2v) is 9.23. The van der Waals surface area contributed by atoms with Crippen molar-refractivity contribution in [2.24, 2.45) is 5.92 Å². The Balaban J connectivity index is 1.65. The Morgan fingerprint density at radius 3 is 2.50 bits per heavy atom. The van der Waals surface area contributed by atoms with Gasteiger partial charge >= 0.3 is 0 Å². The van der Waals surface area contributed by atoms with Crippen LogP contribution in [0.4, 0.5) is 4.39 Å². The highest BCUT2D eigenvalue weighted by Crippen LogP contribution is 2.23. The van der Waals surface area contributed by atoms with Crippen molar-refractivity contribution in [2.75, 3.05) is 12.8 Å². The average molecular weight is 459 g/mol. The molecule has 1 N–H and O–H groups in total. The van der Waals surface area contributed by atoms with Crippen molar-refractivity contribution >= 4 is 17.7 Å². The van der Waals surface area contributed by atoms with E-state index in [1.54, 1.807) is 34.8 Å². The normalized spacial score (nSPS) is 11.5. The average Bonchev–Trinajstić information content (AvgIpc) is 3.36. The number of benzene rings is 1. The molecule has 0 spiro atoms. The van der Waals surface area contributed by atoms with Crippen molar-refractivity contribution in [3.63, 3.8) is 0 Å². The van der Waals surface area contributed by atoms with E-state index in [4.69, 9.17) is 0 Å². The lowest BCUT2D eigenvalue weighted by molar-refractivity contribution is 0.0951. The molecule has 7 nitrogen and oxygen atoms in total.